The van der Waals surface area contributed by atoms with E-state index in [4.69, 9.17) is 5.11 Å². The molecule has 0 unspecified atom stereocenters. The maximum absolute atomic E-state index is 12.0. The lowest BCUT2D eigenvalue weighted by Gasteiger charge is -2.23. The normalized spacial score (nSPS) is 11.6. The zero-order valence-corrected chi connectivity index (χ0v) is 13.7. The second-order valence-electron chi connectivity index (χ2n) is 6.63. The standard InChI is InChI=1S/C18H24N2O3/c1-18(2,9-10-21)12-19-16(22)8-7-14-11-13-5-3-4-6-15(13)20-17(14)23/h3-6,11,21H,7-10,12H2,1-2H3,(H,19,22)(H,20,23). The van der Waals surface area contributed by atoms with Gasteiger partial charge in [0.05, 0.1) is 0 Å². The lowest BCUT2D eigenvalue weighted by molar-refractivity contribution is -0.121. The molecule has 5 nitrogen and oxygen atoms in total. The smallest absolute Gasteiger partial charge is 0.251 e. The van der Waals surface area contributed by atoms with Crippen molar-refractivity contribution in [2.45, 2.75) is 33.1 Å². The monoisotopic (exact) mass is 316 g/mol. The molecule has 2 aromatic rings. The third-order valence-corrected chi connectivity index (χ3v) is 4.00. The number of carbonyl (C=O) groups excluding carboxylic acids is 1. The fourth-order valence-corrected chi connectivity index (χ4v) is 2.44. The van der Waals surface area contributed by atoms with Crippen molar-refractivity contribution in [2.75, 3.05) is 13.2 Å². The molecule has 1 heterocycles. The average molecular weight is 316 g/mol. The lowest BCUT2D eigenvalue weighted by Crippen LogP contribution is -2.34. The van der Waals surface area contributed by atoms with Crippen molar-refractivity contribution in [3.05, 3.63) is 46.2 Å². The van der Waals surface area contributed by atoms with E-state index in [1.54, 1.807) is 0 Å². The van der Waals surface area contributed by atoms with Crippen LogP contribution < -0.4 is 10.9 Å². The van der Waals surface area contributed by atoms with Crippen LogP contribution in [0.1, 0.15) is 32.3 Å². The number of aliphatic hydroxyl groups excluding tert-OH is 1. The number of aliphatic hydroxyl groups is 1. The topological polar surface area (TPSA) is 82.2 Å². The number of benzene rings is 1. The Morgan fingerprint density at radius 3 is 2.78 bits per heavy atom. The van der Waals surface area contributed by atoms with Gasteiger partial charge in [0.2, 0.25) is 5.91 Å². The van der Waals surface area contributed by atoms with Crippen molar-refractivity contribution < 1.29 is 9.90 Å². The van der Waals surface area contributed by atoms with Crippen LogP contribution in [0.25, 0.3) is 10.9 Å². The number of hydrogen-bond acceptors (Lipinski definition) is 3. The second kappa shape index (κ2) is 7.42. The lowest BCUT2D eigenvalue weighted by atomic mass is 9.90. The van der Waals surface area contributed by atoms with Gasteiger partial charge in [-0.15, -0.1) is 0 Å². The summed E-state index contributed by atoms with van der Waals surface area (Å²) in [6.07, 6.45) is 1.32. The van der Waals surface area contributed by atoms with Crippen LogP contribution in [0.4, 0.5) is 0 Å². The fourth-order valence-electron chi connectivity index (χ4n) is 2.44. The summed E-state index contributed by atoms with van der Waals surface area (Å²) < 4.78 is 0. The van der Waals surface area contributed by atoms with Crippen molar-refractivity contribution in [2.24, 2.45) is 5.41 Å². The predicted octanol–water partition coefficient (Wildman–Crippen LogP) is 1.99. The van der Waals surface area contributed by atoms with Crippen molar-refractivity contribution in [3.63, 3.8) is 0 Å². The summed E-state index contributed by atoms with van der Waals surface area (Å²) in [5.41, 5.74) is 1.15. The number of para-hydroxylation sites is 1. The first kappa shape index (κ1) is 17.2. The van der Waals surface area contributed by atoms with Crippen LogP contribution in [0.2, 0.25) is 0 Å². The van der Waals surface area contributed by atoms with E-state index >= 15 is 0 Å². The fraction of sp³-hybridized carbons (Fsp3) is 0.444. The molecule has 3 N–H and O–H groups in total. The molecule has 0 spiro atoms. The zero-order chi connectivity index (χ0) is 16.9. The number of carbonyl (C=O) groups is 1. The van der Waals surface area contributed by atoms with Crippen LogP contribution in [0.15, 0.2) is 35.1 Å². The molecule has 0 saturated carbocycles. The van der Waals surface area contributed by atoms with Crippen LogP contribution in [-0.2, 0) is 11.2 Å². The number of rotatable bonds is 7. The number of aryl methyl sites for hydroxylation is 1. The molecule has 1 aromatic carbocycles. The maximum Gasteiger partial charge on any atom is 0.251 e. The molecule has 23 heavy (non-hydrogen) atoms. The molecule has 124 valence electrons. The van der Waals surface area contributed by atoms with Gasteiger partial charge in [-0.05, 0) is 35.8 Å². The zero-order valence-electron chi connectivity index (χ0n) is 13.7. The summed E-state index contributed by atoms with van der Waals surface area (Å²) >= 11 is 0. The number of amides is 1. The Morgan fingerprint density at radius 2 is 2.04 bits per heavy atom. The largest absolute Gasteiger partial charge is 0.396 e. The van der Waals surface area contributed by atoms with Gasteiger partial charge in [0.25, 0.3) is 5.56 Å². The van der Waals surface area contributed by atoms with Crippen LogP contribution in [0.5, 0.6) is 0 Å². The van der Waals surface area contributed by atoms with Crippen LogP contribution in [0.3, 0.4) is 0 Å². The number of pyridine rings is 1. The highest BCUT2D eigenvalue weighted by Crippen LogP contribution is 2.18. The minimum Gasteiger partial charge on any atom is -0.396 e. The minimum atomic E-state index is -0.142. The van der Waals surface area contributed by atoms with Gasteiger partial charge in [-0.3, -0.25) is 9.59 Å². The quantitative estimate of drug-likeness (QED) is 0.730. The van der Waals surface area contributed by atoms with Gasteiger partial charge in [0.1, 0.15) is 0 Å². The molecule has 0 fully saturated rings. The van der Waals surface area contributed by atoms with Crippen LogP contribution >= 0.6 is 0 Å². The summed E-state index contributed by atoms with van der Waals surface area (Å²) in [5, 5.41) is 12.8. The van der Waals surface area contributed by atoms with Gasteiger partial charge in [0, 0.05) is 30.7 Å². The summed E-state index contributed by atoms with van der Waals surface area (Å²) in [5.74, 6) is -0.0800. The summed E-state index contributed by atoms with van der Waals surface area (Å²) in [6, 6.07) is 9.43. The number of H-pyrrole nitrogens is 1. The number of nitrogens with one attached hydrogen (secondary N) is 2. The van der Waals surface area contributed by atoms with E-state index in [1.807, 2.05) is 44.2 Å². The molecule has 2 rings (SSSR count). The van der Waals surface area contributed by atoms with Crippen LogP contribution in [-0.4, -0.2) is 29.1 Å². The Bertz CT molecular complexity index is 734. The van der Waals surface area contributed by atoms with E-state index in [0.717, 1.165) is 10.9 Å². The van der Waals surface area contributed by atoms with Gasteiger partial charge >= 0.3 is 0 Å². The summed E-state index contributed by atoms with van der Waals surface area (Å²) in [6.45, 7) is 4.62. The van der Waals surface area contributed by atoms with Gasteiger partial charge in [-0.25, -0.2) is 0 Å². The molecule has 1 aromatic heterocycles. The Hall–Kier alpha value is -2.14. The Morgan fingerprint density at radius 1 is 1.30 bits per heavy atom. The van der Waals surface area contributed by atoms with Crippen molar-refractivity contribution in [1.29, 1.82) is 0 Å². The molecular weight excluding hydrogens is 292 g/mol. The summed E-state index contributed by atoms with van der Waals surface area (Å²) in [7, 11) is 0. The summed E-state index contributed by atoms with van der Waals surface area (Å²) in [4.78, 5) is 26.8. The Kier molecular flexibility index (Phi) is 5.55. The van der Waals surface area contributed by atoms with E-state index in [-0.39, 0.29) is 29.9 Å². The van der Waals surface area contributed by atoms with Crippen molar-refractivity contribution in [3.8, 4) is 0 Å². The number of aromatic nitrogens is 1. The number of fused-ring (bicyclic) bond motifs is 1. The minimum absolute atomic E-state index is 0.0800. The average Bonchev–Trinajstić information content (AvgIpc) is 2.51. The molecule has 0 aliphatic carbocycles. The first-order chi connectivity index (χ1) is 10.9. The molecule has 0 bridgehead atoms. The Balaban J connectivity index is 1.94. The van der Waals surface area contributed by atoms with E-state index in [9.17, 15) is 9.59 Å². The highest BCUT2D eigenvalue weighted by atomic mass is 16.3. The van der Waals surface area contributed by atoms with Gasteiger partial charge < -0.3 is 15.4 Å². The van der Waals surface area contributed by atoms with Crippen molar-refractivity contribution in [1.82, 2.24) is 10.3 Å². The third kappa shape index (κ3) is 4.93. The molecular formula is C18H24N2O3. The molecule has 0 saturated heterocycles. The predicted molar refractivity (Wildman–Crippen MR) is 91.4 cm³/mol. The first-order valence-electron chi connectivity index (χ1n) is 7.90. The highest BCUT2D eigenvalue weighted by Gasteiger charge is 2.18. The van der Waals surface area contributed by atoms with Crippen LogP contribution in [0, 0.1) is 5.41 Å². The number of aromatic amines is 1. The van der Waals surface area contributed by atoms with Gasteiger partial charge in [0.15, 0.2) is 0 Å². The van der Waals surface area contributed by atoms with E-state index in [2.05, 4.69) is 10.3 Å². The van der Waals surface area contributed by atoms with E-state index in [1.165, 1.54) is 0 Å². The molecule has 0 aliphatic heterocycles. The first-order valence-corrected chi connectivity index (χ1v) is 7.90. The molecule has 0 radical (unpaired) electrons. The second-order valence-corrected chi connectivity index (χ2v) is 6.63. The maximum atomic E-state index is 12.0. The van der Waals surface area contributed by atoms with Gasteiger partial charge in [-0.2, -0.15) is 0 Å². The molecule has 0 atom stereocenters. The van der Waals surface area contributed by atoms with Crippen molar-refractivity contribution >= 4 is 16.8 Å². The van der Waals surface area contributed by atoms with E-state index < -0.39 is 0 Å². The third-order valence-electron chi connectivity index (χ3n) is 4.00. The SMILES string of the molecule is CC(C)(CCO)CNC(=O)CCc1cc2ccccc2[nH]c1=O. The van der Waals surface area contributed by atoms with E-state index in [0.29, 0.717) is 24.9 Å². The molecule has 1 amide bonds. The number of hydrogen-bond donors (Lipinski definition) is 3. The molecule has 5 heteroatoms. The van der Waals surface area contributed by atoms with Gasteiger partial charge in [-0.1, -0.05) is 32.0 Å². The molecule has 0 aliphatic rings. The highest BCUT2D eigenvalue weighted by molar-refractivity contribution is 5.79. The Labute approximate surface area is 135 Å².